The van der Waals surface area contributed by atoms with Crippen molar-refractivity contribution < 1.29 is 9.47 Å². The van der Waals surface area contributed by atoms with Gasteiger partial charge in [-0.3, -0.25) is 0 Å². The highest BCUT2D eigenvalue weighted by atomic mass is 35.5. The molecule has 1 fully saturated rings. The maximum absolute atomic E-state index is 6.04. The van der Waals surface area contributed by atoms with Crippen LogP contribution in [0.15, 0.2) is 48.5 Å². The zero-order valence-electron chi connectivity index (χ0n) is 11.7. The van der Waals surface area contributed by atoms with Gasteiger partial charge < -0.3 is 14.8 Å². The molecule has 0 aromatic heterocycles. The maximum Gasteiger partial charge on any atom is 0.163 e. The van der Waals surface area contributed by atoms with Gasteiger partial charge >= 0.3 is 0 Å². The van der Waals surface area contributed by atoms with Crippen molar-refractivity contribution in [1.82, 2.24) is 5.32 Å². The largest absolute Gasteiger partial charge is 0.489 e. The van der Waals surface area contributed by atoms with Crippen molar-refractivity contribution in [3.05, 3.63) is 59.1 Å². The first-order valence-corrected chi connectivity index (χ1v) is 7.53. The third-order valence-electron chi connectivity index (χ3n) is 3.43. The molecule has 3 rings (SSSR count). The van der Waals surface area contributed by atoms with Crippen molar-refractivity contribution in [2.24, 2.45) is 0 Å². The Balaban J connectivity index is 1.61. The minimum atomic E-state index is 0.208. The summed E-state index contributed by atoms with van der Waals surface area (Å²) < 4.78 is 11.8. The van der Waals surface area contributed by atoms with Gasteiger partial charge in [0.2, 0.25) is 0 Å². The SMILES string of the molecule is Clc1ccc(OCCc2ccccc2)c(OC2CNC2)c1. The highest BCUT2D eigenvalue weighted by Gasteiger charge is 2.20. The number of benzene rings is 2. The van der Waals surface area contributed by atoms with Crippen molar-refractivity contribution in [3.63, 3.8) is 0 Å². The second-order valence-electron chi connectivity index (χ2n) is 5.07. The third-order valence-corrected chi connectivity index (χ3v) is 3.67. The summed E-state index contributed by atoms with van der Waals surface area (Å²) in [6, 6.07) is 15.8. The summed E-state index contributed by atoms with van der Waals surface area (Å²) in [5, 5.41) is 3.84. The van der Waals surface area contributed by atoms with Crippen LogP contribution in [-0.4, -0.2) is 25.8 Å². The molecule has 1 saturated heterocycles. The molecule has 4 heteroatoms. The molecule has 2 aromatic rings. The highest BCUT2D eigenvalue weighted by molar-refractivity contribution is 6.30. The van der Waals surface area contributed by atoms with Crippen molar-refractivity contribution in [3.8, 4) is 11.5 Å². The van der Waals surface area contributed by atoms with Crippen LogP contribution in [0.2, 0.25) is 5.02 Å². The molecule has 0 amide bonds. The quantitative estimate of drug-likeness (QED) is 0.888. The minimum absolute atomic E-state index is 0.208. The molecular weight excluding hydrogens is 286 g/mol. The van der Waals surface area contributed by atoms with Gasteiger partial charge in [-0.05, 0) is 17.7 Å². The average molecular weight is 304 g/mol. The minimum Gasteiger partial charge on any atom is -0.489 e. The topological polar surface area (TPSA) is 30.5 Å². The fourth-order valence-corrected chi connectivity index (χ4v) is 2.30. The summed E-state index contributed by atoms with van der Waals surface area (Å²) in [6.45, 7) is 2.36. The van der Waals surface area contributed by atoms with Crippen molar-refractivity contribution in [2.45, 2.75) is 12.5 Å². The normalized spacial score (nSPS) is 14.5. The van der Waals surface area contributed by atoms with Crippen molar-refractivity contribution in [2.75, 3.05) is 19.7 Å². The molecular formula is C17H18ClNO2. The molecule has 3 nitrogen and oxygen atoms in total. The molecule has 110 valence electrons. The molecule has 0 bridgehead atoms. The molecule has 0 spiro atoms. The molecule has 0 radical (unpaired) electrons. The van der Waals surface area contributed by atoms with E-state index in [4.69, 9.17) is 21.1 Å². The van der Waals surface area contributed by atoms with Gasteiger partial charge in [-0.1, -0.05) is 41.9 Å². The predicted octanol–water partition coefficient (Wildman–Crippen LogP) is 3.31. The Bertz CT molecular complexity index is 585. The monoisotopic (exact) mass is 303 g/mol. The average Bonchev–Trinajstić information content (AvgIpc) is 2.46. The van der Waals surface area contributed by atoms with Gasteiger partial charge in [0.1, 0.15) is 6.10 Å². The second kappa shape index (κ2) is 6.83. The van der Waals surface area contributed by atoms with Gasteiger partial charge in [-0.2, -0.15) is 0 Å². The molecule has 2 aromatic carbocycles. The maximum atomic E-state index is 6.04. The van der Waals surface area contributed by atoms with E-state index in [-0.39, 0.29) is 6.10 Å². The van der Waals surface area contributed by atoms with E-state index in [2.05, 4.69) is 17.4 Å². The first-order valence-electron chi connectivity index (χ1n) is 7.15. The Hall–Kier alpha value is -1.71. The van der Waals surface area contributed by atoms with Gasteiger partial charge in [0, 0.05) is 30.6 Å². The van der Waals surface area contributed by atoms with E-state index in [9.17, 15) is 0 Å². The van der Waals surface area contributed by atoms with Crippen LogP contribution >= 0.6 is 11.6 Å². The van der Waals surface area contributed by atoms with Crippen molar-refractivity contribution >= 4 is 11.6 Å². The molecule has 1 aliphatic heterocycles. The molecule has 0 saturated carbocycles. The zero-order valence-corrected chi connectivity index (χ0v) is 12.5. The van der Waals surface area contributed by atoms with Crippen LogP contribution in [0.25, 0.3) is 0 Å². The Labute approximate surface area is 129 Å². The second-order valence-corrected chi connectivity index (χ2v) is 5.51. The fraction of sp³-hybridized carbons (Fsp3) is 0.294. The van der Waals surface area contributed by atoms with Gasteiger partial charge in [-0.15, -0.1) is 0 Å². The Morgan fingerprint density at radius 2 is 1.86 bits per heavy atom. The van der Waals surface area contributed by atoms with Crippen LogP contribution in [0.4, 0.5) is 0 Å². The Morgan fingerprint density at radius 3 is 2.57 bits per heavy atom. The number of rotatable bonds is 6. The lowest BCUT2D eigenvalue weighted by molar-refractivity contribution is 0.135. The van der Waals surface area contributed by atoms with Gasteiger partial charge in [-0.25, -0.2) is 0 Å². The first-order chi connectivity index (χ1) is 10.3. The smallest absolute Gasteiger partial charge is 0.163 e. The summed E-state index contributed by atoms with van der Waals surface area (Å²) in [6.07, 6.45) is 1.08. The summed E-state index contributed by atoms with van der Waals surface area (Å²) >= 11 is 6.04. The standard InChI is InChI=1S/C17H18ClNO2/c18-14-6-7-16(17(10-14)21-15-11-19-12-15)20-9-8-13-4-2-1-3-5-13/h1-7,10,15,19H,8-9,11-12H2. The van der Waals surface area contributed by atoms with E-state index in [1.165, 1.54) is 5.56 Å². The number of hydrogen-bond donors (Lipinski definition) is 1. The number of ether oxygens (including phenoxy) is 2. The van der Waals surface area contributed by atoms with Gasteiger partial charge in [0.15, 0.2) is 11.5 Å². The lowest BCUT2D eigenvalue weighted by atomic mass is 10.2. The lowest BCUT2D eigenvalue weighted by Gasteiger charge is -2.28. The molecule has 1 N–H and O–H groups in total. The summed E-state index contributed by atoms with van der Waals surface area (Å²) in [5.74, 6) is 1.48. The van der Waals surface area contributed by atoms with E-state index >= 15 is 0 Å². The Kier molecular flexibility index (Phi) is 4.63. The van der Waals surface area contributed by atoms with Gasteiger partial charge in [0.25, 0.3) is 0 Å². The third kappa shape index (κ3) is 3.90. The first kappa shape index (κ1) is 14.2. The predicted molar refractivity (Wildman–Crippen MR) is 84.4 cm³/mol. The number of halogens is 1. The number of hydrogen-bond acceptors (Lipinski definition) is 3. The van der Waals surface area contributed by atoms with Gasteiger partial charge in [0.05, 0.1) is 6.61 Å². The fourth-order valence-electron chi connectivity index (χ4n) is 2.14. The van der Waals surface area contributed by atoms with E-state index in [1.807, 2.05) is 36.4 Å². The highest BCUT2D eigenvalue weighted by Crippen LogP contribution is 2.31. The van der Waals surface area contributed by atoms with Crippen LogP contribution < -0.4 is 14.8 Å². The lowest BCUT2D eigenvalue weighted by Crippen LogP contribution is -2.50. The molecule has 21 heavy (non-hydrogen) atoms. The summed E-state index contributed by atoms with van der Waals surface area (Å²) in [5.41, 5.74) is 1.26. The van der Waals surface area contributed by atoms with E-state index in [0.717, 1.165) is 31.0 Å². The molecule has 0 atom stereocenters. The molecule has 0 unspecified atom stereocenters. The molecule has 1 heterocycles. The van der Waals surface area contributed by atoms with Crippen LogP contribution in [-0.2, 0) is 6.42 Å². The molecule has 0 aliphatic carbocycles. The van der Waals surface area contributed by atoms with Crippen LogP contribution in [0, 0.1) is 0 Å². The van der Waals surface area contributed by atoms with Crippen LogP contribution in [0.3, 0.4) is 0 Å². The summed E-state index contributed by atoms with van der Waals surface area (Å²) in [4.78, 5) is 0. The Morgan fingerprint density at radius 1 is 1.05 bits per heavy atom. The van der Waals surface area contributed by atoms with Crippen molar-refractivity contribution in [1.29, 1.82) is 0 Å². The number of nitrogens with one attached hydrogen (secondary N) is 1. The van der Waals surface area contributed by atoms with E-state index in [1.54, 1.807) is 0 Å². The summed E-state index contributed by atoms with van der Waals surface area (Å²) in [7, 11) is 0. The zero-order chi connectivity index (χ0) is 14.5. The van der Waals surface area contributed by atoms with E-state index in [0.29, 0.717) is 11.6 Å². The molecule has 1 aliphatic rings. The van der Waals surface area contributed by atoms with Crippen LogP contribution in [0.1, 0.15) is 5.56 Å². The van der Waals surface area contributed by atoms with E-state index < -0.39 is 0 Å². The van der Waals surface area contributed by atoms with Crippen LogP contribution in [0.5, 0.6) is 11.5 Å².